The largest absolute Gasteiger partial charge is 0.316 e. The Balaban J connectivity index is 1.93. The van der Waals surface area contributed by atoms with Crippen LogP contribution in [0.2, 0.25) is 0 Å². The molecule has 0 saturated heterocycles. The van der Waals surface area contributed by atoms with Gasteiger partial charge >= 0.3 is 0 Å². The van der Waals surface area contributed by atoms with Gasteiger partial charge in [-0.15, -0.1) is 0 Å². The van der Waals surface area contributed by atoms with Gasteiger partial charge in [-0.2, -0.15) is 0 Å². The molecule has 21 heavy (non-hydrogen) atoms. The van der Waals surface area contributed by atoms with Crippen LogP contribution in [0.4, 0.5) is 8.78 Å². The van der Waals surface area contributed by atoms with Gasteiger partial charge in [0.15, 0.2) is 0 Å². The molecule has 1 N–H and O–H groups in total. The van der Waals surface area contributed by atoms with Crippen LogP contribution in [0.3, 0.4) is 0 Å². The molecule has 0 amide bonds. The van der Waals surface area contributed by atoms with Gasteiger partial charge in [0.25, 0.3) is 0 Å². The van der Waals surface area contributed by atoms with Crippen LogP contribution < -0.4 is 5.32 Å². The molecule has 0 fully saturated rings. The second-order valence-corrected chi connectivity index (χ2v) is 5.75. The quantitative estimate of drug-likeness (QED) is 0.520. The maximum atomic E-state index is 13.0. The van der Waals surface area contributed by atoms with Crippen molar-refractivity contribution in [1.29, 1.82) is 0 Å². The molecular formula is C18H29F2N. The summed E-state index contributed by atoms with van der Waals surface area (Å²) in [6.45, 7) is 4.01. The lowest BCUT2D eigenvalue weighted by molar-refractivity contribution is 0.554. The van der Waals surface area contributed by atoms with Crippen LogP contribution in [0.15, 0.2) is 18.2 Å². The van der Waals surface area contributed by atoms with Crippen LogP contribution in [-0.2, 0) is 6.42 Å². The second kappa shape index (κ2) is 11.7. The van der Waals surface area contributed by atoms with Crippen molar-refractivity contribution in [2.45, 2.75) is 64.7 Å². The van der Waals surface area contributed by atoms with Gasteiger partial charge < -0.3 is 5.32 Å². The predicted molar refractivity (Wildman–Crippen MR) is 85.5 cm³/mol. The Morgan fingerprint density at radius 1 is 0.762 bits per heavy atom. The fraction of sp³-hybridized carbons (Fsp3) is 0.667. The molecule has 0 saturated carbocycles. The molecule has 1 aromatic carbocycles. The van der Waals surface area contributed by atoms with Gasteiger partial charge in [0.2, 0.25) is 0 Å². The summed E-state index contributed by atoms with van der Waals surface area (Å²) in [5, 5.41) is 3.34. The van der Waals surface area contributed by atoms with Crippen LogP contribution in [-0.4, -0.2) is 13.1 Å². The standard InChI is InChI=1S/C18H29F2N/c1-2-3-4-5-6-7-8-9-11-21-12-10-16-13-17(19)15-18(20)14-16/h13-15,21H,2-12H2,1H3. The first-order valence-corrected chi connectivity index (χ1v) is 8.38. The molecule has 0 aliphatic rings. The summed E-state index contributed by atoms with van der Waals surface area (Å²) < 4.78 is 26.0. The highest BCUT2D eigenvalue weighted by molar-refractivity contribution is 5.18. The van der Waals surface area contributed by atoms with Crippen molar-refractivity contribution < 1.29 is 8.78 Å². The van der Waals surface area contributed by atoms with E-state index in [0.29, 0.717) is 6.42 Å². The lowest BCUT2D eigenvalue weighted by atomic mass is 10.1. The average Bonchev–Trinajstić information content (AvgIpc) is 2.44. The zero-order valence-electron chi connectivity index (χ0n) is 13.3. The average molecular weight is 297 g/mol. The van der Waals surface area contributed by atoms with Crippen molar-refractivity contribution in [3.05, 3.63) is 35.4 Å². The second-order valence-electron chi connectivity index (χ2n) is 5.75. The molecule has 0 atom stereocenters. The Hall–Kier alpha value is -0.960. The number of benzene rings is 1. The minimum Gasteiger partial charge on any atom is -0.316 e. The summed E-state index contributed by atoms with van der Waals surface area (Å²) in [6, 6.07) is 3.72. The van der Waals surface area contributed by atoms with Gasteiger partial charge in [-0.1, -0.05) is 51.9 Å². The molecule has 0 unspecified atom stereocenters. The van der Waals surface area contributed by atoms with Crippen molar-refractivity contribution in [2.75, 3.05) is 13.1 Å². The van der Waals surface area contributed by atoms with E-state index in [1.807, 2.05) is 0 Å². The van der Waals surface area contributed by atoms with Gasteiger partial charge in [0.1, 0.15) is 11.6 Å². The molecule has 1 nitrogen and oxygen atoms in total. The zero-order chi connectivity index (χ0) is 15.3. The van der Waals surface area contributed by atoms with Gasteiger partial charge in [-0.05, 0) is 43.6 Å². The maximum absolute atomic E-state index is 13.0. The Morgan fingerprint density at radius 3 is 1.95 bits per heavy atom. The highest BCUT2D eigenvalue weighted by Gasteiger charge is 2.00. The highest BCUT2D eigenvalue weighted by atomic mass is 19.1. The molecule has 0 bridgehead atoms. The SMILES string of the molecule is CCCCCCCCCCNCCc1cc(F)cc(F)c1. The summed E-state index contributed by atoms with van der Waals surface area (Å²) in [7, 11) is 0. The third-order valence-electron chi connectivity index (χ3n) is 3.72. The van der Waals surface area contributed by atoms with Crippen molar-refractivity contribution in [3.63, 3.8) is 0 Å². The van der Waals surface area contributed by atoms with E-state index in [4.69, 9.17) is 0 Å². The Bertz CT molecular complexity index is 359. The zero-order valence-corrected chi connectivity index (χ0v) is 13.3. The van der Waals surface area contributed by atoms with Crippen LogP contribution >= 0.6 is 0 Å². The number of hydrogen-bond donors (Lipinski definition) is 1. The molecule has 0 aliphatic carbocycles. The number of rotatable bonds is 12. The summed E-state index contributed by atoms with van der Waals surface area (Å²) >= 11 is 0. The molecule has 1 rings (SSSR count). The van der Waals surface area contributed by atoms with Crippen molar-refractivity contribution in [2.24, 2.45) is 0 Å². The number of nitrogens with one attached hydrogen (secondary N) is 1. The first kappa shape index (κ1) is 18.1. The lowest BCUT2D eigenvalue weighted by Gasteiger charge is -2.06. The molecule has 1 aromatic rings. The third-order valence-corrected chi connectivity index (χ3v) is 3.72. The summed E-state index contributed by atoms with van der Waals surface area (Å²) in [5.41, 5.74) is 0.718. The molecular weight excluding hydrogens is 268 g/mol. The predicted octanol–water partition coefficient (Wildman–Crippen LogP) is 5.24. The molecule has 0 aliphatic heterocycles. The Kier molecular flexibility index (Phi) is 10.1. The summed E-state index contributed by atoms with van der Waals surface area (Å²) in [5.74, 6) is -0.985. The van der Waals surface area contributed by atoms with E-state index in [0.717, 1.165) is 24.7 Å². The summed E-state index contributed by atoms with van der Waals surface area (Å²) in [6.07, 6.45) is 11.2. The minimum absolute atomic E-state index is 0.493. The topological polar surface area (TPSA) is 12.0 Å². The summed E-state index contributed by atoms with van der Waals surface area (Å²) in [4.78, 5) is 0. The van der Waals surface area contributed by atoms with Crippen molar-refractivity contribution >= 4 is 0 Å². The van der Waals surface area contributed by atoms with Crippen LogP contribution in [0, 0.1) is 11.6 Å². The molecule has 3 heteroatoms. The maximum Gasteiger partial charge on any atom is 0.126 e. The molecule has 0 aromatic heterocycles. The molecule has 120 valence electrons. The highest BCUT2D eigenvalue weighted by Crippen LogP contribution is 2.09. The van der Waals surface area contributed by atoms with E-state index in [9.17, 15) is 8.78 Å². The monoisotopic (exact) mass is 297 g/mol. The van der Waals surface area contributed by atoms with E-state index in [-0.39, 0.29) is 0 Å². The molecule has 0 radical (unpaired) electrons. The number of halogens is 2. The van der Waals surface area contributed by atoms with Gasteiger partial charge in [-0.3, -0.25) is 0 Å². The van der Waals surface area contributed by atoms with Crippen LogP contribution in [0.1, 0.15) is 63.9 Å². The third kappa shape index (κ3) is 9.57. The van der Waals surface area contributed by atoms with E-state index < -0.39 is 11.6 Å². The Labute approximate surface area is 128 Å². The first-order chi connectivity index (χ1) is 10.2. The smallest absolute Gasteiger partial charge is 0.126 e. The van der Waals surface area contributed by atoms with Crippen LogP contribution in [0.5, 0.6) is 0 Å². The fourth-order valence-corrected chi connectivity index (χ4v) is 2.50. The van der Waals surface area contributed by atoms with Gasteiger partial charge in [0, 0.05) is 6.07 Å². The number of hydrogen-bond acceptors (Lipinski definition) is 1. The minimum atomic E-state index is -0.493. The normalized spacial score (nSPS) is 11.0. The number of unbranched alkanes of at least 4 members (excludes halogenated alkanes) is 7. The van der Waals surface area contributed by atoms with E-state index in [1.54, 1.807) is 0 Å². The van der Waals surface area contributed by atoms with E-state index >= 15 is 0 Å². The first-order valence-electron chi connectivity index (χ1n) is 8.38. The Morgan fingerprint density at radius 2 is 1.33 bits per heavy atom. The fourth-order valence-electron chi connectivity index (χ4n) is 2.50. The molecule has 0 spiro atoms. The van der Waals surface area contributed by atoms with Crippen molar-refractivity contribution in [1.82, 2.24) is 5.32 Å². The van der Waals surface area contributed by atoms with Crippen LogP contribution in [0.25, 0.3) is 0 Å². The molecule has 0 heterocycles. The van der Waals surface area contributed by atoms with Gasteiger partial charge in [-0.25, -0.2) is 8.78 Å². The lowest BCUT2D eigenvalue weighted by Crippen LogP contribution is -2.18. The van der Waals surface area contributed by atoms with Gasteiger partial charge in [0.05, 0.1) is 0 Å². The van der Waals surface area contributed by atoms with Crippen molar-refractivity contribution in [3.8, 4) is 0 Å². The van der Waals surface area contributed by atoms with E-state index in [2.05, 4.69) is 12.2 Å². The van der Waals surface area contributed by atoms with E-state index in [1.165, 1.54) is 63.5 Å².